The summed E-state index contributed by atoms with van der Waals surface area (Å²) in [6, 6.07) is 17.3. The second-order valence-electron chi connectivity index (χ2n) is 12.0. The van der Waals surface area contributed by atoms with E-state index in [1.807, 2.05) is 0 Å². The lowest BCUT2D eigenvalue weighted by Crippen LogP contribution is -2.36. The molecule has 3 aromatic rings. The molecule has 0 radical (unpaired) electrons. The number of benzene rings is 3. The van der Waals surface area contributed by atoms with Crippen LogP contribution in [-0.4, -0.2) is 86.8 Å². The zero-order chi connectivity index (χ0) is 38.5. The Bertz CT molecular complexity index is 1800. The van der Waals surface area contributed by atoms with Crippen molar-refractivity contribution in [1.29, 1.82) is 0 Å². The van der Waals surface area contributed by atoms with E-state index in [4.69, 9.17) is 42.6 Å². The highest BCUT2D eigenvalue weighted by molar-refractivity contribution is 5.92. The molecule has 0 aromatic heterocycles. The lowest BCUT2D eigenvalue weighted by atomic mass is 10.1. The van der Waals surface area contributed by atoms with Gasteiger partial charge in [0.05, 0.1) is 43.1 Å². The number of carbonyl (C=O) groups excluding carboxylic acids is 6. The summed E-state index contributed by atoms with van der Waals surface area (Å²) >= 11 is 0. The van der Waals surface area contributed by atoms with Crippen molar-refractivity contribution in [3.63, 3.8) is 0 Å². The molecule has 284 valence electrons. The third kappa shape index (κ3) is 11.2. The molecule has 3 aromatic carbocycles. The Morgan fingerprint density at radius 2 is 1.02 bits per heavy atom. The van der Waals surface area contributed by atoms with E-state index in [0.29, 0.717) is 25.2 Å². The van der Waals surface area contributed by atoms with Gasteiger partial charge in [0.25, 0.3) is 0 Å². The van der Waals surface area contributed by atoms with Gasteiger partial charge in [0.15, 0.2) is 12.2 Å². The standard InChI is InChI=1S/C39H38O15/c1-3-33(41)46-20-6-4-5-7-21-47-39(45)52-30-18-12-25(13-19-30)36(42)51-29-16-10-27(11-17-29)38(44)54-32-23-49-34-31(22-48-35(32)34)53-37(43)26-8-14-28(15-9-26)50-24(2)40/h3,8-19,31-32,34-35H,1,4-7,20-23H2,2H3/t31-,32+,34?,35?/m1/s1. The van der Waals surface area contributed by atoms with E-state index in [9.17, 15) is 28.8 Å². The van der Waals surface area contributed by atoms with Crippen molar-refractivity contribution >= 4 is 36.0 Å². The van der Waals surface area contributed by atoms with Gasteiger partial charge in [-0.2, -0.15) is 0 Å². The van der Waals surface area contributed by atoms with E-state index in [0.717, 1.165) is 18.9 Å². The summed E-state index contributed by atoms with van der Waals surface area (Å²) in [5, 5.41) is 0. The summed E-state index contributed by atoms with van der Waals surface area (Å²) in [6.07, 6.45) is 0.345. The monoisotopic (exact) mass is 746 g/mol. The van der Waals surface area contributed by atoms with Crippen LogP contribution < -0.4 is 14.2 Å². The number of rotatable bonds is 16. The molecule has 54 heavy (non-hydrogen) atoms. The molecular formula is C39H38O15. The fourth-order valence-corrected chi connectivity index (χ4v) is 5.42. The minimum Gasteiger partial charge on any atom is -0.463 e. The Morgan fingerprint density at radius 3 is 1.48 bits per heavy atom. The van der Waals surface area contributed by atoms with Crippen molar-refractivity contribution in [3.05, 3.63) is 102 Å². The van der Waals surface area contributed by atoms with E-state index in [2.05, 4.69) is 6.58 Å². The number of ether oxygens (including phenoxy) is 9. The average molecular weight is 747 g/mol. The van der Waals surface area contributed by atoms with Crippen LogP contribution in [0.15, 0.2) is 85.5 Å². The number of unbranched alkanes of at least 4 members (excludes halogenated alkanes) is 3. The van der Waals surface area contributed by atoms with Crippen LogP contribution in [0.4, 0.5) is 4.79 Å². The highest BCUT2D eigenvalue weighted by Crippen LogP contribution is 2.32. The Hall–Kier alpha value is -6.06. The Labute approximate surface area is 309 Å². The highest BCUT2D eigenvalue weighted by atomic mass is 16.7. The first kappa shape index (κ1) is 39.2. The van der Waals surface area contributed by atoms with Crippen molar-refractivity contribution in [2.45, 2.75) is 57.0 Å². The topological polar surface area (TPSA) is 185 Å². The van der Waals surface area contributed by atoms with Gasteiger partial charge in [0.1, 0.15) is 29.5 Å². The zero-order valence-electron chi connectivity index (χ0n) is 29.3. The lowest BCUT2D eigenvalue weighted by molar-refractivity contribution is -0.138. The predicted octanol–water partition coefficient (Wildman–Crippen LogP) is 5.18. The molecule has 2 unspecified atom stereocenters. The molecular weight excluding hydrogens is 708 g/mol. The van der Waals surface area contributed by atoms with Crippen molar-refractivity contribution in [2.24, 2.45) is 0 Å². The summed E-state index contributed by atoms with van der Waals surface area (Å²) in [4.78, 5) is 72.4. The van der Waals surface area contributed by atoms with Crippen molar-refractivity contribution in [3.8, 4) is 17.2 Å². The molecule has 15 heteroatoms. The molecule has 2 saturated heterocycles. The number of hydrogen-bond acceptors (Lipinski definition) is 15. The molecule has 0 bridgehead atoms. The zero-order valence-corrected chi connectivity index (χ0v) is 29.3. The second kappa shape index (κ2) is 19.1. The summed E-state index contributed by atoms with van der Waals surface area (Å²) in [5.41, 5.74) is 0.623. The van der Waals surface area contributed by atoms with Crippen molar-refractivity contribution in [2.75, 3.05) is 26.4 Å². The van der Waals surface area contributed by atoms with Crippen LogP contribution in [0.25, 0.3) is 0 Å². The number of carbonyl (C=O) groups is 6. The summed E-state index contributed by atoms with van der Waals surface area (Å²) < 4.78 is 48.2. The second-order valence-corrected chi connectivity index (χ2v) is 12.0. The van der Waals surface area contributed by atoms with Crippen LogP contribution in [0, 0.1) is 0 Å². The van der Waals surface area contributed by atoms with Crippen molar-refractivity contribution in [1.82, 2.24) is 0 Å². The van der Waals surface area contributed by atoms with Gasteiger partial charge in [0.2, 0.25) is 0 Å². The van der Waals surface area contributed by atoms with Crippen LogP contribution in [0.5, 0.6) is 17.2 Å². The Balaban J connectivity index is 1.01. The fourth-order valence-electron chi connectivity index (χ4n) is 5.42. The van der Waals surface area contributed by atoms with Gasteiger partial charge < -0.3 is 42.6 Å². The van der Waals surface area contributed by atoms with Gasteiger partial charge in [-0.1, -0.05) is 6.58 Å². The van der Waals surface area contributed by atoms with Crippen molar-refractivity contribution < 1.29 is 71.4 Å². The lowest BCUT2D eigenvalue weighted by Gasteiger charge is -2.17. The number of hydrogen-bond donors (Lipinski definition) is 0. The smallest absolute Gasteiger partial charge is 0.463 e. The molecule has 0 N–H and O–H groups in total. The molecule has 2 aliphatic heterocycles. The first-order valence-corrected chi connectivity index (χ1v) is 17.1. The van der Waals surface area contributed by atoms with E-state index in [1.165, 1.54) is 79.7 Å². The van der Waals surface area contributed by atoms with Crippen LogP contribution in [-0.2, 0) is 38.0 Å². The van der Waals surface area contributed by atoms with E-state index < -0.39 is 60.4 Å². The number of esters is 5. The van der Waals surface area contributed by atoms with Crippen LogP contribution in [0.1, 0.15) is 63.7 Å². The van der Waals surface area contributed by atoms with Gasteiger partial charge >= 0.3 is 36.0 Å². The quantitative estimate of drug-likeness (QED) is 0.0466. The first-order valence-electron chi connectivity index (χ1n) is 17.1. The van der Waals surface area contributed by atoms with Gasteiger partial charge in [0, 0.05) is 13.0 Å². The minimum absolute atomic E-state index is 0.0339. The molecule has 0 aliphatic carbocycles. The molecule has 0 spiro atoms. The van der Waals surface area contributed by atoms with E-state index in [-0.39, 0.29) is 48.0 Å². The summed E-state index contributed by atoms with van der Waals surface area (Å²) in [6.45, 7) is 5.15. The third-order valence-electron chi connectivity index (χ3n) is 8.09. The number of fused-ring (bicyclic) bond motifs is 1. The molecule has 15 nitrogen and oxygen atoms in total. The largest absolute Gasteiger partial charge is 0.513 e. The molecule has 2 fully saturated rings. The molecule has 2 aliphatic rings. The minimum atomic E-state index is -0.882. The Morgan fingerprint density at radius 1 is 0.593 bits per heavy atom. The van der Waals surface area contributed by atoms with Crippen LogP contribution in [0.3, 0.4) is 0 Å². The normalized spacial score (nSPS) is 18.4. The van der Waals surface area contributed by atoms with Gasteiger partial charge in [-0.25, -0.2) is 24.0 Å². The van der Waals surface area contributed by atoms with Crippen LogP contribution in [0.2, 0.25) is 0 Å². The van der Waals surface area contributed by atoms with Gasteiger partial charge in [-0.15, -0.1) is 0 Å². The van der Waals surface area contributed by atoms with Gasteiger partial charge in [-0.05, 0) is 98.5 Å². The maximum absolute atomic E-state index is 12.9. The maximum atomic E-state index is 12.9. The summed E-state index contributed by atoms with van der Waals surface area (Å²) in [5.74, 6) is -2.25. The first-order chi connectivity index (χ1) is 26.1. The van der Waals surface area contributed by atoms with Gasteiger partial charge in [-0.3, -0.25) is 4.79 Å². The van der Waals surface area contributed by atoms with Crippen LogP contribution >= 0.6 is 0 Å². The summed E-state index contributed by atoms with van der Waals surface area (Å²) in [7, 11) is 0. The molecule has 5 rings (SSSR count). The molecule has 4 atom stereocenters. The third-order valence-corrected chi connectivity index (χ3v) is 8.09. The predicted molar refractivity (Wildman–Crippen MR) is 185 cm³/mol. The average Bonchev–Trinajstić information content (AvgIpc) is 3.75. The highest BCUT2D eigenvalue weighted by Gasteiger charge is 2.51. The fraction of sp³-hybridized carbons (Fsp3) is 0.333. The molecule has 2 heterocycles. The van der Waals surface area contributed by atoms with E-state index in [1.54, 1.807) is 0 Å². The van der Waals surface area contributed by atoms with E-state index >= 15 is 0 Å². The SMILES string of the molecule is C=CC(=O)OCCCCCCOC(=O)Oc1ccc(C(=O)Oc2ccc(C(=O)O[C@H]3COC4C3OC[C@H]4OC(=O)c3ccc(OC(C)=O)cc3)cc2)cc1. The maximum Gasteiger partial charge on any atom is 0.513 e. The molecule has 0 amide bonds. The Kier molecular flexibility index (Phi) is 13.9. The molecule has 0 saturated carbocycles.